The van der Waals surface area contributed by atoms with E-state index in [4.69, 9.17) is 0 Å². The minimum absolute atomic E-state index is 0.0760. The van der Waals surface area contributed by atoms with Crippen molar-refractivity contribution in [1.82, 2.24) is 15.3 Å². The van der Waals surface area contributed by atoms with Gasteiger partial charge in [-0.1, -0.05) is 24.3 Å². The average Bonchev–Trinajstić information content (AvgIpc) is 2.72. The van der Waals surface area contributed by atoms with E-state index < -0.39 is 0 Å². The van der Waals surface area contributed by atoms with E-state index in [2.05, 4.69) is 44.5 Å². The maximum atomic E-state index is 12.5. The van der Waals surface area contributed by atoms with Crippen molar-refractivity contribution in [2.75, 3.05) is 18.0 Å². The zero-order chi connectivity index (χ0) is 18.6. The SMILES string of the molecule is Cc1cc(N2CCC(C(=O)NCc3cccnc3)CC2)c2ccccc2n1. The molecule has 1 fully saturated rings. The van der Waals surface area contributed by atoms with Gasteiger partial charge in [-0.05, 0) is 43.5 Å². The second kappa shape index (κ2) is 7.74. The van der Waals surface area contributed by atoms with Gasteiger partial charge in [0.2, 0.25) is 5.91 Å². The molecule has 1 N–H and O–H groups in total. The standard InChI is InChI=1S/C22H24N4O/c1-16-13-21(19-6-2-3-7-20(19)25-16)26-11-8-18(9-12-26)22(27)24-15-17-5-4-10-23-14-17/h2-7,10,13-14,18H,8-9,11-12,15H2,1H3,(H,24,27). The topological polar surface area (TPSA) is 58.1 Å². The zero-order valence-electron chi connectivity index (χ0n) is 15.6. The summed E-state index contributed by atoms with van der Waals surface area (Å²) in [6.07, 6.45) is 5.27. The van der Waals surface area contributed by atoms with Crippen molar-refractivity contribution in [3.63, 3.8) is 0 Å². The number of piperidine rings is 1. The molecule has 5 nitrogen and oxygen atoms in total. The van der Waals surface area contributed by atoms with E-state index in [1.807, 2.05) is 25.1 Å². The summed E-state index contributed by atoms with van der Waals surface area (Å²) in [7, 11) is 0. The molecule has 0 bridgehead atoms. The number of aryl methyl sites for hydroxylation is 1. The van der Waals surface area contributed by atoms with Crippen LogP contribution in [0.5, 0.6) is 0 Å². The van der Waals surface area contributed by atoms with Crippen LogP contribution < -0.4 is 10.2 Å². The molecule has 2 aromatic heterocycles. The summed E-state index contributed by atoms with van der Waals surface area (Å²) >= 11 is 0. The Morgan fingerprint density at radius 1 is 1.19 bits per heavy atom. The van der Waals surface area contributed by atoms with Crippen LogP contribution in [0.2, 0.25) is 0 Å². The number of benzene rings is 1. The van der Waals surface area contributed by atoms with Crippen LogP contribution in [0.15, 0.2) is 54.9 Å². The number of aromatic nitrogens is 2. The van der Waals surface area contributed by atoms with Crippen molar-refractivity contribution >= 4 is 22.5 Å². The molecule has 1 saturated heterocycles. The van der Waals surface area contributed by atoms with Crippen LogP contribution in [0.25, 0.3) is 10.9 Å². The monoisotopic (exact) mass is 360 g/mol. The van der Waals surface area contributed by atoms with Gasteiger partial charge in [-0.15, -0.1) is 0 Å². The van der Waals surface area contributed by atoms with Crippen LogP contribution >= 0.6 is 0 Å². The Bertz CT molecular complexity index is 933. The third-order valence-electron chi connectivity index (χ3n) is 5.22. The molecule has 4 rings (SSSR count). The number of carbonyl (C=O) groups excluding carboxylic acids is 1. The van der Waals surface area contributed by atoms with Crippen LogP contribution in [0, 0.1) is 12.8 Å². The molecule has 1 amide bonds. The van der Waals surface area contributed by atoms with Gasteiger partial charge in [-0.25, -0.2) is 0 Å². The van der Waals surface area contributed by atoms with Crippen molar-refractivity contribution < 1.29 is 4.79 Å². The van der Waals surface area contributed by atoms with E-state index in [1.54, 1.807) is 12.4 Å². The summed E-state index contributed by atoms with van der Waals surface area (Å²) in [4.78, 5) is 23.6. The van der Waals surface area contributed by atoms with Gasteiger partial charge in [-0.2, -0.15) is 0 Å². The van der Waals surface area contributed by atoms with E-state index in [1.165, 1.54) is 11.1 Å². The fourth-order valence-corrected chi connectivity index (χ4v) is 3.77. The molecule has 0 spiro atoms. The van der Waals surface area contributed by atoms with E-state index >= 15 is 0 Å². The summed E-state index contributed by atoms with van der Waals surface area (Å²) in [5.41, 5.74) is 4.32. The van der Waals surface area contributed by atoms with Gasteiger partial charge in [0, 0.05) is 54.7 Å². The zero-order valence-corrected chi connectivity index (χ0v) is 15.6. The summed E-state index contributed by atoms with van der Waals surface area (Å²) in [5, 5.41) is 4.24. The number of para-hydroxylation sites is 1. The summed E-state index contributed by atoms with van der Waals surface area (Å²) < 4.78 is 0. The molecule has 138 valence electrons. The van der Waals surface area contributed by atoms with E-state index in [-0.39, 0.29) is 11.8 Å². The number of amides is 1. The second-order valence-corrected chi connectivity index (χ2v) is 7.14. The molecular weight excluding hydrogens is 336 g/mol. The number of carbonyl (C=O) groups is 1. The van der Waals surface area contributed by atoms with E-state index in [0.29, 0.717) is 6.54 Å². The maximum absolute atomic E-state index is 12.5. The molecule has 5 heteroatoms. The van der Waals surface area contributed by atoms with Gasteiger partial charge in [0.05, 0.1) is 5.52 Å². The highest BCUT2D eigenvalue weighted by molar-refractivity contribution is 5.92. The number of nitrogens with zero attached hydrogens (tertiary/aromatic N) is 3. The van der Waals surface area contributed by atoms with Crippen LogP contribution in [-0.2, 0) is 11.3 Å². The summed E-state index contributed by atoms with van der Waals surface area (Å²) in [6, 6.07) is 14.3. The molecule has 0 aliphatic carbocycles. The number of rotatable bonds is 4. The molecule has 1 aromatic carbocycles. The number of anilines is 1. The van der Waals surface area contributed by atoms with E-state index in [0.717, 1.165) is 42.7 Å². The lowest BCUT2D eigenvalue weighted by Gasteiger charge is -2.33. The number of fused-ring (bicyclic) bond motifs is 1. The largest absolute Gasteiger partial charge is 0.371 e. The van der Waals surface area contributed by atoms with Crippen molar-refractivity contribution in [3.8, 4) is 0 Å². The Kier molecular flexibility index (Phi) is 5.01. The van der Waals surface area contributed by atoms with Crippen LogP contribution in [0.1, 0.15) is 24.1 Å². The van der Waals surface area contributed by atoms with Crippen molar-refractivity contribution in [2.45, 2.75) is 26.3 Å². The van der Waals surface area contributed by atoms with Gasteiger partial charge in [0.25, 0.3) is 0 Å². The highest BCUT2D eigenvalue weighted by Gasteiger charge is 2.25. The molecule has 3 heterocycles. The predicted molar refractivity (Wildman–Crippen MR) is 108 cm³/mol. The molecule has 3 aromatic rings. The molecule has 0 atom stereocenters. The first kappa shape index (κ1) is 17.5. The van der Waals surface area contributed by atoms with Crippen molar-refractivity contribution in [1.29, 1.82) is 0 Å². The molecular formula is C22H24N4O. The minimum atomic E-state index is 0.0760. The third-order valence-corrected chi connectivity index (χ3v) is 5.22. The fourth-order valence-electron chi connectivity index (χ4n) is 3.77. The fraction of sp³-hybridized carbons (Fsp3) is 0.318. The van der Waals surface area contributed by atoms with Crippen LogP contribution in [-0.4, -0.2) is 29.0 Å². The Hall–Kier alpha value is -2.95. The van der Waals surface area contributed by atoms with Crippen molar-refractivity contribution in [2.24, 2.45) is 5.92 Å². The molecule has 27 heavy (non-hydrogen) atoms. The third kappa shape index (κ3) is 3.92. The number of hydrogen-bond acceptors (Lipinski definition) is 4. The Labute approximate surface area is 159 Å². The van der Waals surface area contributed by atoms with Crippen LogP contribution in [0.3, 0.4) is 0 Å². The first-order chi connectivity index (χ1) is 13.2. The smallest absolute Gasteiger partial charge is 0.223 e. The molecule has 0 saturated carbocycles. The predicted octanol–water partition coefficient (Wildman–Crippen LogP) is 3.47. The van der Waals surface area contributed by atoms with Gasteiger partial charge in [0.1, 0.15) is 0 Å². The van der Waals surface area contributed by atoms with E-state index in [9.17, 15) is 4.79 Å². The minimum Gasteiger partial charge on any atom is -0.371 e. The van der Waals surface area contributed by atoms with Crippen molar-refractivity contribution in [3.05, 3.63) is 66.1 Å². The van der Waals surface area contributed by atoms with Gasteiger partial charge in [0.15, 0.2) is 0 Å². The first-order valence-corrected chi connectivity index (χ1v) is 9.48. The highest BCUT2D eigenvalue weighted by atomic mass is 16.1. The Morgan fingerprint density at radius 2 is 2.00 bits per heavy atom. The lowest BCUT2D eigenvalue weighted by Crippen LogP contribution is -2.40. The Morgan fingerprint density at radius 3 is 2.78 bits per heavy atom. The first-order valence-electron chi connectivity index (χ1n) is 9.48. The lowest BCUT2D eigenvalue weighted by atomic mass is 9.95. The van der Waals surface area contributed by atoms with Gasteiger partial charge >= 0.3 is 0 Å². The molecule has 0 radical (unpaired) electrons. The number of pyridine rings is 2. The van der Waals surface area contributed by atoms with Crippen LogP contribution in [0.4, 0.5) is 5.69 Å². The normalized spacial score (nSPS) is 15.1. The quantitative estimate of drug-likeness (QED) is 0.774. The second-order valence-electron chi connectivity index (χ2n) is 7.14. The Balaban J connectivity index is 1.40. The summed E-state index contributed by atoms with van der Waals surface area (Å²) in [5.74, 6) is 0.224. The molecule has 0 unspecified atom stereocenters. The number of hydrogen-bond donors (Lipinski definition) is 1. The molecule has 1 aliphatic heterocycles. The lowest BCUT2D eigenvalue weighted by molar-refractivity contribution is -0.125. The van der Waals surface area contributed by atoms with Gasteiger partial charge < -0.3 is 10.2 Å². The number of nitrogens with one attached hydrogen (secondary N) is 1. The summed E-state index contributed by atoms with van der Waals surface area (Å²) in [6.45, 7) is 4.35. The maximum Gasteiger partial charge on any atom is 0.223 e. The molecule has 1 aliphatic rings. The average molecular weight is 360 g/mol. The van der Waals surface area contributed by atoms with Gasteiger partial charge in [-0.3, -0.25) is 14.8 Å². The highest BCUT2D eigenvalue weighted by Crippen LogP contribution is 2.30.